The van der Waals surface area contributed by atoms with Crippen LogP contribution in [0.25, 0.3) is 0 Å². The monoisotopic (exact) mass is 255 g/mol. The van der Waals surface area contributed by atoms with Crippen LogP contribution in [0.4, 0.5) is 5.69 Å². The van der Waals surface area contributed by atoms with E-state index in [4.69, 9.17) is 11.6 Å². The van der Waals surface area contributed by atoms with Gasteiger partial charge in [0.2, 0.25) is 5.91 Å². The highest BCUT2D eigenvalue weighted by atomic mass is 35.5. The summed E-state index contributed by atoms with van der Waals surface area (Å²) in [5.41, 5.74) is 1.64. The minimum atomic E-state index is -0.482. The van der Waals surface area contributed by atoms with Gasteiger partial charge in [-0.3, -0.25) is 9.59 Å². The van der Waals surface area contributed by atoms with E-state index in [2.05, 4.69) is 4.74 Å². The molecule has 1 aromatic carbocycles. The quantitative estimate of drug-likeness (QED) is 0.608. The highest BCUT2D eigenvalue weighted by Gasteiger charge is 2.18. The maximum absolute atomic E-state index is 11.7. The van der Waals surface area contributed by atoms with Crippen LogP contribution in [0.2, 0.25) is 0 Å². The Bertz CT molecular complexity index is 420. The van der Waals surface area contributed by atoms with Crippen LogP contribution in [0.15, 0.2) is 24.3 Å². The smallest absolute Gasteiger partial charge is 0.325 e. The van der Waals surface area contributed by atoms with E-state index in [9.17, 15) is 9.59 Å². The number of carbonyl (C=O) groups excluding carboxylic acids is 2. The third-order valence-corrected chi connectivity index (χ3v) is 2.47. The molecule has 0 N–H and O–H groups in total. The van der Waals surface area contributed by atoms with Crippen molar-refractivity contribution >= 4 is 29.2 Å². The average molecular weight is 256 g/mol. The average Bonchev–Trinajstić information content (AvgIpc) is 2.34. The molecular formula is C12H14ClNO3. The summed E-state index contributed by atoms with van der Waals surface area (Å²) < 4.78 is 4.55. The van der Waals surface area contributed by atoms with Gasteiger partial charge in [0.25, 0.3) is 0 Å². The van der Waals surface area contributed by atoms with Crippen LogP contribution in [0, 0.1) is 6.92 Å². The van der Waals surface area contributed by atoms with Gasteiger partial charge in [-0.25, -0.2) is 0 Å². The standard InChI is InChI=1S/C12H14ClNO3/c1-9-4-3-5-10(6-9)14(11(15)7-13)8-12(16)17-2/h3-6H,7-8H2,1-2H3. The van der Waals surface area contributed by atoms with Gasteiger partial charge in [-0.1, -0.05) is 12.1 Å². The van der Waals surface area contributed by atoms with Crippen LogP contribution < -0.4 is 4.90 Å². The van der Waals surface area contributed by atoms with Gasteiger partial charge < -0.3 is 9.64 Å². The van der Waals surface area contributed by atoms with Crippen molar-refractivity contribution < 1.29 is 14.3 Å². The molecule has 0 aromatic heterocycles. The second-order valence-corrected chi connectivity index (χ2v) is 3.80. The minimum Gasteiger partial charge on any atom is -0.468 e. The van der Waals surface area contributed by atoms with E-state index < -0.39 is 5.97 Å². The van der Waals surface area contributed by atoms with E-state index in [1.165, 1.54) is 12.0 Å². The fraction of sp³-hybridized carbons (Fsp3) is 0.333. The number of benzene rings is 1. The Morgan fingerprint density at radius 3 is 2.65 bits per heavy atom. The van der Waals surface area contributed by atoms with Crippen LogP contribution >= 0.6 is 11.6 Å². The molecular weight excluding hydrogens is 242 g/mol. The third kappa shape index (κ3) is 3.75. The van der Waals surface area contributed by atoms with Crippen LogP contribution in [0.5, 0.6) is 0 Å². The summed E-state index contributed by atoms with van der Waals surface area (Å²) in [6.07, 6.45) is 0. The zero-order chi connectivity index (χ0) is 12.8. The number of ether oxygens (including phenoxy) is 1. The summed E-state index contributed by atoms with van der Waals surface area (Å²) in [6, 6.07) is 7.29. The molecule has 0 saturated carbocycles. The first kappa shape index (κ1) is 13.5. The lowest BCUT2D eigenvalue weighted by molar-refractivity contribution is -0.139. The maximum Gasteiger partial charge on any atom is 0.325 e. The molecule has 0 bridgehead atoms. The van der Waals surface area contributed by atoms with Gasteiger partial charge in [0.05, 0.1) is 7.11 Å². The summed E-state index contributed by atoms with van der Waals surface area (Å²) in [6.45, 7) is 1.77. The number of nitrogens with zero attached hydrogens (tertiary/aromatic N) is 1. The molecule has 1 amide bonds. The number of esters is 1. The first-order valence-electron chi connectivity index (χ1n) is 5.08. The number of hydrogen-bond donors (Lipinski definition) is 0. The Morgan fingerprint density at radius 2 is 2.12 bits per heavy atom. The molecule has 0 spiro atoms. The first-order valence-corrected chi connectivity index (χ1v) is 5.61. The Balaban J connectivity index is 2.97. The number of anilines is 1. The topological polar surface area (TPSA) is 46.6 Å². The number of methoxy groups -OCH3 is 1. The maximum atomic E-state index is 11.7. The fourth-order valence-electron chi connectivity index (χ4n) is 1.39. The SMILES string of the molecule is COC(=O)CN(C(=O)CCl)c1cccc(C)c1. The number of carbonyl (C=O) groups is 2. The molecule has 0 atom stereocenters. The lowest BCUT2D eigenvalue weighted by Crippen LogP contribution is -2.37. The van der Waals surface area contributed by atoms with Gasteiger partial charge in [-0.15, -0.1) is 11.6 Å². The highest BCUT2D eigenvalue weighted by Crippen LogP contribution is 2.16. The Hall–Kier alpha value is -1.55. The molecule has 4 nitrogen and oxygen atoms in total. The van der Waals surface area contributed by atoms with E-state index in [0.29, 0.717) is 5.69 Å². The summed E-state index contributed by atoms with van der Waals surface area (Å²) in [5.74, 6) is -0.988. The van der Waals surface area contributed by atoms with Crippen molar-refractivity contribution in [3.8, 4) is 0 Å². The Kier molecular flexibility index (Phi) is 4.97. The summed E-state index contributed by atoms with van der Waals surface area (Å²) in [7, 11) is 1.28. The van der Waals surface area contributed by atoms with E-state index in [0.717, 1.165) is 5.56 Å². The molecule has 0 fully saturated rings. The number of halogens is 1. The van der Waals surface area contributed by atoms with Gasteiger partial charge >= 0.3 is 5.97 Å². The second-order valence-electron chi connectivity index (χ2n) is 3.53. The highest BCUT2D eigenvalue weighted by molar-refractivity contribution is 6.29. The molecule has 0 aliphatic carbocycles. The first-order chi connectivity index (χ1) is 8.08. The zero-order valence-electron chi connectivity index (χ0n) is 9.77. The number of rotatable bonds is 4. The Morgan fingerprint density at radius 1 is 1.41 bits per heavy atom. The molecule has 1 aromatic rings. The lowest BCUT2D eigenvalue weighted by atomic mass is 10.2. The third-order valence-electron chi connectivity index (χ3n) is 2.24. The lowest BCUT2D eigenvalue weighted by Gasteiger charge is -2.20. The molecule has 0 heterocycles. The zero-order valence-corrected chi connectivity index (χ0v) is 10.5. The van der Waals surface area contributed by atoms with Crippen molar-refractivity contribution in [2.45, 2.75) is 6.92 Å². The molecule has 0 saturated heterocycles. The van der Waals surface area contributed by atoms with Gasteiger partial charge in [0, 0.05) is 5.69 Å². The summed E-state index contributed by atoms with van der Waals surface area (Å²) in [4.78, 5) is 24.2. The van der Waals surface area contributed by atoms with Gasteiger partial charge in [0.15, 0.2) is 0 Å². The largest absolute Gasteiger partial charge is 0.468 e. The van der Waals surface area contributed by atoms with Crippen molar-refractivity contribution in [3.05, 3.63) is 29.8 Å². The van der Waals surface area contributed by atoms with Crippen molar-refractivity contribution in [1.29, 1.82) is 0 Å². The van der Waals surface area contributed by atoms with E-state index >= 15 is 0 Å². The van der Waals surface area contributed by atoms with E-state index in [1.807, 2.05) is 25.1 Å². The number of hydrogen-bond acceptors (Lipinski definition) is 3. The Labute approximate surface area is 105 Å². The number of alkyl halides is 1. The van der Waals surface area contributed by atoms with Crippen molar-refractivity contribution in [2.24, 2.45) is 0 Å². The predicted molar refractivity (Wildman–Crippen MR) is 66.3 cm³/mol. The van der Waals surface area contributed by atoms with Gasteiger partial charge in [-0.2, -0.15) is 0 Å². The van der Waals surface area contributed by atoms with E-state index in [-0.39, 0.29) is 18.3 Å². The van der Waals surface area contributed by atoms with E-state index in [1.54, 1.807) is 6.07 Å². The van der Waals surface area contributed by atoms with Crippen LogP contribution in [0.3, 0.4) is 0 Å². The molecule has 0 unspecified atom stereocenters. The molecule has 92 valence electrons. The minimum absolute atomic E-state index is 0.133. The van der Waals surface area contributed by atoms with Crippen LogP contribution in [0.1, 0.15) is 5.56 Å². The predicted octanol–water partition coefficient (Wildman–Crippen LogP) is 1.74. The van der Waals surface area contributed by atoms with Crippen LogP contribution in [-0.4, -0.2) is 31.4 Å². The van der Waals surface area contributed by atoms with Crippen molar-refractivity contribution in [2.75, 3.05) is 24.4 Å². The molecule has 0 aliphatic heterocycles. The summed E-state index contributed by atoms with van der Waals surface area (Å²) in [5, 5.41) is 0. The van der Waals surface area contributed by atoms with Gasteiger partial charge in [-0.05, 0) is 24.6 Å². The molecule has 0 aliphatic rings. The molecule has 0 radical (unpaired) electrons. The van der Waals surface area contributed by atoms with Gasteiger partial charge in [0.1, 0.15) is 12.4 Å². The molecule has 1 rings (SSSR count). The normalized spacial score (nSPS) is 9.82. The summed E-state index contributed by atoms with van der Waals surface area (Å²) >= 11 is 5.52. The number of amides is 1. The second kappa shape index (κ2) is 6.25. The van der Waals surface area contributed by atoms with Crippen molar-refractivity contribution in [3.63, 3.8) is 0 Å². The fourth-order valence-corrected chi connectivity index (χ4v) is 1.53. The molecule has 5 heteroatoms. The van der Waals surface area contributed by atoms with Crippen molar-refractivity contribution in [1.82, 2.24) is 0 Å². The number of aryl methyl sites for hydroxylation is 1. The van der Waals surface area contributed by atoms with Crippen LogP contribution in [-0.2, 0) is 14.3 Å². The molecule has 17 heavy (non-hydrogen) atoms.